The summed E-state index contributed by atoms with van der Waals surface area (Å²) in [7, 11) is 0. The quantitative estimate of drug-likeness (QED) is 0.0709. The van der Waals surface area contributed by atoms with E-state index in [1.54, 1.807) is 0 Å². The van der Waals surface area contributed by atoms with E-state index in [9.17, 15) is 0 Å². The first kappa shape index (κ1) is 67.2. The molecule has 0 saturated carbocycles. The van der Waals surface area contributed by atoms with E-state index in [4.69, 9.17) is 0 Å². The average Bonchev–Trinajstić information content (AvgIpc) is 0.793. The molecule has 0 saturated heterocycles. The fourth-order valence-electron chi connectivity index (χ4n) is 15.0. The maximum Gasteiger partial charge on any atom is 0.0468 e. The van der Waals surface area contributed by atoms with Gasteiger partial charge in [-0.1, -0.05) is 200 Å². The highest BCUT2D eigenvalue weighted by molar-refractivity contribution is 5.95. The number of hydrogen-bond donors (Lipinski definition) is 0. The number of benzene rings is 17. The number of aryl methyl sites for hydroxylation is 3. The summed E-state index contributed by atoms with van der Waals surface area (Å²) < 4.78 is 0. The summed E-state index contributed by atoms with van der Waals surface area (Å²) in [6, 6.07) is 152. The summed E-state index contributed by atoms with van der Waals surface area (Å²) in [6.45, 7) is 6.50. The minimum atomic E-state index is 0.782. The molecule has 17 aromatic carbocycles. The van der Waals surface area contributed by atoms with Gasteiger partial charge in [0.05, 0.1) is 0 Å². The van der Waals surface area contributed by atoms with Gasteiger partial charge in [-0.15, -0.1) is 0 Å². The molecule has 518 valence electrons. The molecule has 0 unspecified atom stereocenters. The molecule has 0 aromatic heterocycles. The predicted octanol–water partition coefficient (Wildman–Crippen LogP) is 29.0. The molecule has 0 atom stereocenters. The molecule has 6 nitrogen and oxygen atoms in total. The van der Waals surface area contributed by atoms with E-state index in [-0.39, 0.29) is 0 Å². The molecular formula is C102H80N6. The van der Waals surface area contributed by atoms with Gasteiger partial charge >= 0.3 is 0 Å². The normalized spacial score (nSPS) is 11.1. The molecular weight excluding hydrogens is 1310 g/mol. The second-order valence-electron chi connectivity index (χ2n) is 27.7. The largest absolute Gasteiger partial charge is 0.311 e. The summed E-state index contributed by atoms with van der Waals surface area (Å²) in [5, 5.41) is 4.70. The number of hydrogen-bond acceptors (Lipinski definition) is 6. The Kier molecular flexibility index (Phi) is 18.9. The van der Waals surface area contributed by atoms with Crippen molar-refractivity contribution in [3.63, 3.8) is 0 Å². The third-order valence-corrected chi connectivity index (χ3v) is 20.3. The molecule has 108 heavy (non-hydrogen) atoms. The monoisotopic (exact) mass is 1390 g/mol. The van der Waals surface area contributed by atoms with Gasteiger partial charge in [-0.25, -0.2) is 0 Å². The molecule has 0 heterocycles. The Bertz CT molecular complexity index is 5920. The Hall–Kier alpha value is -13.9. The van der Waals surface area contributed by atoms with Crippen molar-refractivity contribution in [1.29, 1.82) is 0 Å². The van der Waals surface area contributed by atoms with Crippen LogP contribution >= 0.6 is 0 Å². The van der Waals surface area contributed by atoms with Crippen molar-refractivity contribution in [3.05, 3.63) is 446 Å². The summed E-state index contributed by atoms with van der Waals surface area (Å²) in [5.74, 6) is 0. The first-order chi connectivity index (χ1) is 53.2. The highest BCUT2D eigenvalue weighted by Gasteiger charge is 2.22. The number of anilines is 18. The molecule has 0 N–H and O–H groups in total. The number of para-hydroxylation sites is 6. The van der Waals surface area contributed by atoms with Crippen molar-refractivity contribution in [1.82, 2.24) is 0 Å². The van der Waals surface area contributed by atoms with Gasteiger partial charge in [0.2, 0.25) is 0 Å². The molecule has 17 rings (SSSR count). The SMILES string of the molecule is Cc1ccc(N(c2ccccc2)c2ccc(N(c3ccccc3)c3ccc(C)c(-c4ccc5ccc(N(c6ccccc6)c6ccc(N(c7ccccc7)c7ccc8cc(Cc9cccc(N(c%10ccccc%10)c%10ccc(N(c%11ccccc%11)c%11cccc(C)c%11)cc%10)c9)ccc8c7)cc6)cc5c4)c3)cc2)cc1. The zero-order valence-electron chi connectivity index (χ0n) is 60.7. The minimum absolute atomic E-state index is 0.782. The van der Waals surface area contributed by atoms with E-state index in [1.165, 1.54) is 49.5 Å². The van der Waals surface area contributed by atoms with Crippen LogP contribution in [0, 0.1) is 20.8 Å². The van der Waals surface area contributed by atoms with Crippen molar-refractivity contribution in [3.8, 4) is 11.1 Å². The molecule has 17 aromatic rings. The Balaban J connectivity index is 0.643. The smallest absolute Gasteiger partial charge is 0.0468 e. The van der Waals surface area contributed by atoms with Gasteiger partial charge in [-0.3, -0.25) is 0 Å². The van der Waals surface area contributed by atoms with Gasteiger partial charge < -0.3 is 29.4 Å². The number of nitrogens with zero attached hydrogens (tertiary/aromatic N) is 6. The lowest BCUT2D eigenvalue weighted by atomic mass is 9.96. The van der Waals surface area contributed by atoms with Crippen LogP contribution in [-0.2, 0) is 6.42 Å². The van der Waals surface area contributed by atoms with Gasteiger partial charge in [-0.05, 0) is 307 Å². The van der Waals surface area contributed by atoms with E-state index >= 15 is 0 Å². The molecule has 0 aliphatic heterocycles. The Morgan fingerprint density at radius 1 is 0.167 bits per heavy atom. The summed E-state index contributed by atoms with van der Waals surface area (Å²) >= 11 is 0. The fraction of sp³-hybridized carbons (Fsp3) is 0.0392. The third-order valence-electron chi connectivity index (χ3n) is 20.3. The van der Waals surface area contributed by atoms with Crippen molar-refractivity contribution in [2.75, 3.05) is 29.4 Å². The van der Waals surface area contributed by atoms with E-state index in [0.29, 0.717) is 0 Å². The van der Waals surface area contributed by atoms with Crippen LogP contribution in [0.25, 0.3) is 32.7 Å². The second kappa shape index (κ2) is 30.4. The van der Waals surface area contributed by atoms with Gasteiger partial charge in [-0.2, -0.15) is 0 Å². The highest BCUT2D eigenvalue weighted by atomic mass is 15.2. The third kappa shape index (κ3) is 14.3. The van der Waals surface area contributed by atoms with Crippen LogP contribution in [0.2, 0.25) is 0 Å². The maximum atomic E-state index is 2.37. The number of fused-ring (bicyclic) bond motifs is 2. The minimum Gasteiger partial charge on any atom is -0.311 e. The first-order valence-corrected chi connectivity index (χ1v) is 37.1. The van der Waals surface area contributed by atoms with Gasteiger partial charge in [0.25, 0.3) is 0 Å². The van der Waals surface area contributed by atoms with Crippen LogP contribution < -0.4 is 29.4 Å². The zero-order chi connectivity index (χ0) is 72.7. The lowest BCUT2D eigenvalue weighted by Gasteiger charge is -2.29. The van der Waals surface area contributed by atoms with Gasteiger partial charge in [0, 0.05) is 102 Å². The zero-order valence-corrected chi connectivity index (χ0v) is 60.7. The van der Waals surface area contributed by atoms with E-state index in [2.05, 4.69) is 469 Å². The van der Waals surface area contributed by atoms with E-state index in [1.807, 2.05) is 0 Å². The molecule has 0 aliphatic carbocycles. The Labute approximate surface area is 634 Å². The average molecular weight is 1390 g/mol. The second-order valence-corrected chi connectivity index (χ2v) is 27.7. The van der Waals surface area contributed by atoms with E-state index in [0.717, 1.165) is 120 Å². The molecule has 0 spiro atoms. The topological polar surface area (TPSA) is 19.4 Å². The molecule has 0 fully saturated rings. The van der Waals surface area contributed by atoms with Crippen LogP contribution in [0.1, 0.15) is 27.8 Å². The van der Waals surface area contributed by atoms with Crippen LogP contribution in [0.3, 0.4) is 0 Å². The standard InChI is InChI=1S/C102H80N6/c1-74-40-49-90(50-41-74)103(84-26-10-4-11-27-84)91-54-56-96(57-55-91)108(89-36-20-9-21-37-89)101-51-42-76(3)102(73-101)82-46-45-79-47-52-100(72-83(79)70-82)107(88-34-18-8-19-35-88)95-64-62-94(63-65-95)106(87-32-16-7-17-33-87)99-53-48-80-68-78(43-44-81(80)71-99)67-77-25-23-39-98(69-77)105(86-30-14-6-15-31-86)93-60-58-92(59-61-93)104(85-28-12-5-13-29-85)97-38-22-24-75(2)66-97/h4-66,68-73H,67H2,1-3H3. The highest BCUT2D eigenvalue weighted by Crippen LogP contribution is 2.46. The van der Waals surface area contributed by atoms with Crippen molar-refractivity contribution in [2.45, 2.75) is 27.2 Å². The Morgan fingerprint density at radius 3 is 0.880 bits per heavy atom. The fourth-order valence-corrected chi connectivity index (χ4v) is 15.0. The summed E-state index contributed by atoms with van der Waals surface area (Å²) in [5.41, 5.74) is 28.0. The van der Waals surface area contributed by atoms with Crippen LogP contribution in [0.15, 0.2) is 419 Å². The van der Waals surface area contributed by atoms with E-state index < -0.39 is 0 Å². The predicted molar refractivity (Wildman–Crippen MR) is 458 cm³/mol. The lowest BCUT2D eigenvalue weighted by Crippen LogP contribution is -2.12. The summed E-state index contributed by atoms with van der Waals surface area (Å²) in [4.78, 5) is 14.1. The van der Waals surface area contributed by atoms with Crippen molar-refractivity contribution in [2.24, 2.45) is 0 Å². The lowest BCUT2D eigenvalue weighted by molar-refractivity contribution is 1.18. The first-order valence-electron chi connectivity index (χ1n) is 37.1. The summed E-state index contributed by atoms with van der Waals surface area (Å²) in [6.07, 6.45) is 0.782. The molecule has 6 heteroatoms. The molecule has 0 bridgehead atoms. The van der Waals surface area contributed by atoms with Crippen molar-refractivity contribution >= 4 is 124 Å². The van der Waals surface area contributed by atoms with Gasteiger partial charge in [0.1, 0.15) is 0 Å². The number of rotatable bonds is 21. The molecule has 0 aliphatic rings. The van der Waals surface area contributed by atoms with Crippen LogP contribution in [0.4, 0.5) is 102 Å². The van der Waals surface area contributed by atoms with Gasteiger partial charge in [0.15, 0.2) is 0 Å². The van der Waals surface area contributed by atoms with Crippen LogP contribution in [0.5, 0.6) is 0 Å². The molecule has 0 radical (unpaired) electrons. The van der Waals surface area contributed by atoms with Crippen molar-refractivity contribution < 1.29 is 0 Å². The maximum absolute atomic E-state index is 2.37. The molecule has 0 amide bonds. The Morgan fingerprint density at radius 2 is 0.454 bits per heavy atom. The van der Waals surface area contributed by atoms with Crippen LogP contribution in [-0.4, -0.2) is 0 Å².